The molecule has 1 aromatic heterocycles. The summed E-state index contributed by atoms with van der Waals surface area (Å²) in [6.45, 7) is 0. The zero-order valence-corrected chi connectivity index (χ0v) is 15.0. The van der Waals surface area contributed by atoms with Gasteiger partial charge in [-0.15, -0.1) is 0 Å². The smallest absolute Gasteiger partial charge is 0.266 e. The van der Waals surface area contributed by atoms with Crippen LogP contribution in [0.1, 0.15) is 0 Å². The molecule has 0 bridgehead atoms. The van der Waals surface area contributed by atoms with Crippen LogP contribution in [-0.4, -0.2) is 18.5 Å². The number of benzene rings is 2. The Hall–Kier alpha value is -1.80. The van der Waals surface area contributed by atoms with E-state index in [-0.39, 0.29) is 10.0 Å². The van der Waals surface area contributed by atoms with Crippen LogP contribution < -0.4 is 4.72 Å². The average molecular weight is 401 g/mol. The number of aromatic nitrogens is 1. The lowest BCUT2D eigenvalue weighted by Gasteiger charge is -2.09. The van der Waals surface area contributed by atoms with Crippen LogP contribution in [0.15, 0.2) is 53.6 Å². The summed E-state index contributed by atoms with van der Waals surface area (Å²) in [5, 5.41) is 10.8. The second-order valence-electron chi connectivity index (χ2n) is 4.74. The third-order valence-electron chi connectivity index (χ3n) is 3.04. The van der Waals surface area contributed by atoms with Gasteiger partial charge >= 0.3 is 0 Å². The highest BCUT2D eigenvalue weighted by atomic mass is 35.5. The summed E-state index contributed by atoms with van der Waals surface area (Å²) in [4.78, 5) is 3.80. The molecule has 0 aliphatic rings. The van der Waals surface area contributed by atoms with Crippen molar-refractivity contribution in [3.63, 3.8) is 0 Å². The standard InChI is InChI=1S/C15H10Cl2N2O3S2/c16-10-6-11(17)14(20)12(7-10)24(21,22)19-13-8-18-15(23-13)9-4-2-1-3-5-9/h1-8,19-20H. The first-order valence-corrected chi connectivity index (χ1v) is 9.64. The van der Waals surface area contributed by atoms with E-state index in [0.717, 1.165) is 11.6 Å². The van der Waals surface area contributed by atoms with E-state index >= 15 is 0 Å². The molecule has 0 radical (unpaired) electrons. The Morgan fingerprint density at radius 2 is 1.83 bits per heavy atom. The van der Waals surface area contributed by atoms with Gasteiger partial charge < -0.3 is 5.11 Å². The maximum absolute atomic E-state index is 12.5. The highest BCUT2D eigenvalue weighted by Crippen LogP contribution is 2.36. The number of halogens is 2. The predicted octanol–water partition coefficient (Wildman–Crippen LogP) is 4.62. The highest BCUT2D eigenvalue weighted by molar-refractivity contribution is 7.93. The van der Waals surface area contributed by atoms with Gasteiger partial charge in [-0.2, -0.15) is 0 Å². The number of aromatic hydroxyl groups is 1. The average Bonchev–Trinajstić information content (AvgIpc) is 2.99. The molecule has 9 heteroatoms. The number of rotatable bonds is 4. The topological polar surface area (TPSA) is 79.3 Å². The molecule has 0 spiro atoms. The monoisotopic (exact) mass is 400 g/mol. The van der Waals surface area contributed by atoms with E-state index < -0.39 is 20.7 Å². The Morgan fingerprint density at radius 3 is 2.54 bits per heavy atom. The lowest BCUT2D eigenvalue weighted by molar-refractivity contribution is 0.459. The van der Waals surface area contributed by atoms with Gasteiger partial charge in [0.1, 0.15) is 14.9 Å². The molecule has 0 unspecified atom stereocenters. The molecular weight excluding hydrogens is 391 g/mol. The fraction of sp³-hybridized carbons (Fsp3) is 0. The van der Waals surface area contributed by atoms with Crippen LogP contribution in [0.3, 0.4) is 0 Å². The van der Waals surface area contributed by atoms with Crippen LogP contribution >= 0.6 is 34.5 Å². The summed E-state index contributed by atoms with van der Waals surface area (Å²) >= 11 is 12.8. The second-order valence-corrected chi connectivity index (χ2v) is 8.26. The molecule has 2 N–H and O–H groups in total. The number of hydrogen-bond acceptors (Lipinski definition) is 5. The summed E-state index contributed by atoms with van der Waals surface area (Å²) in [5.74, 6) is -0.554. The van der Waals surface area contributed by atoms with E-state index in [0.29, 0.717) is 10.0 Å². The zero-order valence-electron chi connectivity index (χ0n) is 11.9. The number of phenols is 1. The summed E-state index contributed by atoms with van der Waals surface area (Å²) in [7, 11) is -4.06. The van der Waals surface area contributed by atoms with Crippen LogP contribution in [0.4, 0.5) is 5.00 Å². The number of anilines is 1. The number of nitrogens with zero attached hydrogens (tertiary/aromatic N) is 1. The molecule has 0 aliphatic heterocycles. The van der Waals surface area contributed by atoms with Crippen molar-refractivity contribution in [2.24, 2.45) is 0 Å². The minimum Gasteiger partial charge on any atom is -0.505 e. The molecule has 124 valence electrons. The van der Waals surface area contributed by atoms with Gasteiger partial charge in [0, 0.05) is 10.6 Å². The SMILES string of the molecule is O=S(=O)(Nc1cnc(-c2ccccc2)s1)c1cc(Cl)cc(Cl)c1O. The predicted molar refractivity (Wildman–Crippen MR) is 96.5 cm³/mol. The van der Waals surface area contributed by atoms with E-state index in [1.165, 1.54) is 23.6 Å². The number of thiazole rings is 1. The zero-order chi connectivity index (χ0) is 17.3. The maximum Gasteiger partial charge on any atom is 0.266 e. The van der Waals surface area contributed by atoms with Crippen molar-refractivity contribution in [1.29, 1.82) is 0 Å². The minimum absolute atomic E-state index is 0.104. The quantitative estimate of drug-likeness (QED) is 0.669. The Balaban J connectivity index is 1.93. The molecule has 0 aliphatic carbocycles. The van der Waals surface area contributed by atoms with E-state index in [1.54, 1.807) is 0 Å². The number of sulfonamides is 1. The van der Waals surface area contributed by atoms with Gasteiger partial charge in [-0.3, -0.25) is 4.72 Å². The normalized spacial score (nSPS) is 11.4. The Kier molecular flexibility index (Phi) is 4.69. The Bertz CT molecular complexity index is 989. The summed E-state index contributed by atoms with van der Waals surface area (Å²) in [6, 6.07) is 11.8. The van der Waals surface area contributed by atoms with Crippen LogP contribution in [0.2, 0.25) is 10.0 Å². The molecule has 2 aromatic carbocycles. The van der Waals surface area contributed by atoms with E-state index in [4.69, 9.17) is 23.2 Å². The first kappa shape index (κ1) is 17.0. The first-order chi connectivity index (χ1) is 11.4. The minimum atomic E-state index is -4.06. The van der Waals surface area contributed by atoms with Crippen molar-refractivity contribution in [2.75, 3.05) is 4.72 Å². The van der Waals surface area contributed by atoms with Gasteiger partial charge in [0.2, 0.25) is 0 Å². The third-order valence-corrected chi connectivity index (χ3v) is 6.02. The summed E-state index contributed by atoms with van der Waals surface area (Å²) in [5.41, 5.74) is 0.876. The molecule has 0 amide bonds. The fourth-order valence-corrected chi connectivity index (χ4v) is 4.83. The van der Waals surface area contributed by atoms with Crippen LogP contribution in [0.25, 0.3) is 10.6 Å². The lowest BCUT2D eigenvalue weighted by Crippen LogP contribution is -2.12. The van der Waals surface area contributed by atoms with Crippen molar-refractivity contribution >= 4 is 49.6 Å². The molecule has 0 saturated carbocycles. The Labute approximate surface area is 152 Å². The van der Waals surface area contributed by atoms with Crippen molar-refractivity contribution in [3.05, 3.63) is 58.7 Å². The third kappa shape index (κ3) is 3.49. The first-order valence-electron chi connectivity index (χ1n) is 6.59. The fourth-order valence-electron chi connectivity index (χ4n) is 1.97. The van der Waals surface area contributed by atoms with Crippen molar-refractivity contribution < 1.29 is 13.5 Å². The molecule has 0 atom stereocenters. The molecular formula is C15H10Cl2N2O3S2. The molecule has 5 nitrogen and oxygen atoms in total. The number of hydrogen-bond donors (Lipinski definition) is 2. The molecule has 24 heavy (non-hydrogen) atoms. The van der Waals surface area contributed by atoms with Crippen molar-refractivity contribution in [3.8, 4) is 16.3 Å². The lowest BCUT2D eigenvalue weighted by atomic mass is 10.2. The Morgan fingerprint density at radius 1 is 1.12 bits per heavy atom. The maximum atomic E-state index is 12.5. The van der Waals surface area contributed by atoms with Crippen LogP contribution in [0, 0.1) is 0 Å². The summed E-state index contributed by atoms with van der Waals surface area (Å²) < 4.78 is 27.3. The second kappa shape index (κ2) is 6.60. The molecule has 1 heterocycles. The van der Waals surface area contributed by atoms with E-state index in [9.17, 15) is 13.5 Å². The highest BCUT2D eigenvalue weighted by Gasteiger charge is 2.22. The number of phenolic OH excluding ortho intramolecular Hbond substituents is 1. The largest absolute Gasteiger partial charge is 0.505 e. The molecule has 3 aromatic rings. The van der Waals surface area contributed by atoms with Gasteiger partial charge in [-0.25, -0.2) is 13.4 Å². The van der Waals surface area contributed by atoms with Crippen LogP contribution in [-0.2, 0) is 10.0 Å². The van der Waals surface area contributed by atoms with E-state index in [1.807, 2.05) is 30.3 Å². The van der Waals surface area contributed by atoms with Gasteiger partial charge in [-0.1, -0.05) is 64.9 Å². The van der Waals surface area contributed by atoms with Gasteiger partial charge in [-0.05, 0) is 12.1 Å². The van der Waals surface area contributed by atoms with Crippen LogP contribution in [0.5, 0.6) is 5.75 Å². The van der Waals surface area contributed by atoms with Crippen molar-refractivity contribution in [1.82, 2.24) is 4.98 Å². The number of nitrogens with one attached hydrogen (secondary N) is 1. The van der Waals surface area contributed by atoms with Gasteiger partial charge in [0.15, 0.2) is 5.75 Å². The van der Waals surface area contributed by atoms with Crippen molar-refractivity contribution in [2.45, 2.75) is 4.90 Å². The van der Waals surface area contributed by atoms with E-state index in [2.05, 4.69) is 9.71 Å². The molecule has 0 saturated heterocycles. The van der Waals surface area contributed by atoms with Gasteiger partial charge in [0.25, 0.3) is 10.0 Å². The summed E-state index contributed by atoms with van der Waals surface area (Å²) in [6.07, 6.45) is 1.41. The molecule has 3 rings (SSSR count). The molecule has 0 fully saturated rings. The van der Waals surface area contributed by atoms with Gasteiger partial charge in [0.05, 0.1) is 11.2 Å².